The van der Waals surface area contributed by atoms with Crippen LogP contribution >= 0.6 is 11.6 Å². The molecule has 0 saturated carbocycles. The van der Waals surface area contributed by atoms with Crippen LogP contribution in [0.5, 0.6) is 0 Å². The van der Waals surface area contributed by atoms with Crippen molar-refractivity contribution in [2.24, 2.45) is 0 Å². The molecule has 0 bridgehead atoms. The van der Waals surface area contributed by atoms with Crippen LogP contribution in [0.2, 0.25) is 5.02 Å². The van der Waals surface area contributed by atoms with E-state index < -0.39 is 0 Å². The van der Waals surface area contributed by atoms with E-state index in [1.807, 2.05) is 12.1 Å². The van der Waals surface area contributed by atoms with Gasteiger partial charge in [-0.15, -0.1) is 0 Å². The van der Waals surface area contributed by atoms with Crippen molar-refractivity contribution in [3.8, 4) is 20.0 Å². The van der Waals surface area contributed by atoms with Crippen LogP contribution in [0.1, 0.15) is 0 Å². The van der Waals surface area contributed by atoms with Crippen LogP contribution in [-0.2, 0) is 0 Å². The van der Waals surface area contributed by atoms with Gasteiger partial charge in [-0.25, -0.2) is 0 Å². The first kappa shape index (κ1) is 12.6. The Morgan fingerprint density at radius 3 is 1.47 bits per heavy atom. The Hall–Kier alpha value is -1.40. The van der Waals surface area contributed by atoms with Crippen LogP contribution in [0.4, 0.5) is 0 Å². The first-order valence-corrected chi connectivity index (χ1v) is 8.16. The molecule has 0 aliphatic rings. The zero-order valence-electron chi connectivity index (χ0n) is 10.2. The van der Waals surface area contributed by atoms with Crippen LogP contribution < -0.4 is 0 Å². The Morgan fingerprint density at radius 2 is 1.05 bits per heavy atom. The zero-order valence-corrected chi connectivity index (χ0v) is 12.7. The summed E-state index contributed by atoms with van der Waals surface area (Å²) in [6, 6.07) is 25.1. The van der Waals surface area contributed by atoms with E-state index in [1.165, 1.54) is 20.0 Å². The second-order valence-electron chi connectivity index (χ2n) is 4.24. The molecule has 3 rings (SSSR count). The minimum atomic E-state index is 0.293. The average Bonchev–Trinajstić information content (AvgIpc) is 2.48. The summed E-state index contributed by atoms with van der Waals surface area (Å²) in [5.74, 6) is 0. The zero-order chi connectivity index (χ0) is 13.1. The first-order chi connectivity index (χ1) is 9.33. The van der Waals surface area contributed by atoms with E-state index in [-0.39, 0.29) is 0 Å². The van der Waals surface area contributed by atoms with Crippen LogP contribution in [0.15, 0.2) is 72.8 Å². The number of halogens is 1. The normalized spacial score (nSPS) is 10.4. The topological polar surface area (TPSA) is 0 Å². The minimum absolute atomic E-state index is 0.293. The van der Waals surface area contributed by atoms with Gasteiger partial charge in [-0.3, -0.25) is 0 Å². The Morgan fingerprint density at radius 1 is 0.632 bits per heavy atom. The third-order valence-electron chi connectivity index (χ3n) is 2.87. The van der Waals surface area contributed by atoms with Gasteiger partial charge in [0.25, 0.3) is 0 Å². The van der Waals surface area contributed by atoms with Crippen molar-refractivity contribution in [2.75, 3.05) is 0 Å². The van der Waals surface area contributed by atoms with E-state index in [4.69, 9.17) is 11.6 Å². The van der Waals surface area contributed by atoms with Gasteiger partial charge >= 0.3 is 124 Å². The van der Waals surface area contributed by atoms with Gasteiger partial charge in [0.05, 0.1) is 0 Å². The second kappa shape index (κ2) is 5.71. The molecule has 0 N–H and O–H groups in total. The molecule has 92 valence electrons. The van der Waals surface area contributed by atoms with Crippen molar-refractivity contribution in [3.05, 3.63) is 77.8 Å². The summed E-state index contributed by atoms with van der Waals surface area (Å²) in [5, 5.41) is 0.811. The molecule has 0 amide bonds. The van der Waals surface area contributed by atoms with Gasteiger partial charge in [0.15, 0.2) is 0 Å². The van der Waals surface area contributed by atoms with Crippen molar-refractivity contribution < 1.29 is 0 Å². The van der Waals surface area contributed by atoms with Gasteiger partial charge in [-0.1, -0.05) is 0 Å². The molecule has 0 saturated heterocycles. The maximum absolute atomic E-state index is 6.28. The molecule has 2 heteroatoms. The predicted octanol–water partition coefficient (Wildman–Crippen LogP) is 5.01. The summed E-state index contributed by atoms with van der Waals surface area (Å²) in [6.07, 6.45) is 0. The third-order valence-corrected chi connectivity index (χ3v) is 5.50. The van der Waals surface area contributed by atoms with Gasteiger partial charge in [0.1, 0.15) is 0 Å². The Balaban J connectivity index is 2.12. The molecule has 2 aromatic carbocycles. The molecule has 1 aromatic heterocycles. The molecule has 0 fully saturated rings. The maximum atomic E-state index is 6.28. The van der Waals surface area contributed by atoms with E-state index in [0.29, 0.717) is 14.5 Å². The number of hydrogen-bond donors (Lipinski definition) is 0. The van der Waals surface area contributed by atoms with Gasteiger partial charge < -0.3 is 0 Å². The summed E-state index contributed by atoms with van der Waals surface area (Å²) < 4.78 is 2.67. The van der Waals surface area contributed by atoms with Crippen LogP contribution in [0.3, 0.4) is 0 Å². The van der Waals surface area contributed by atoms with Gasteiger partial charge in [-0.2, -0.15) is 0 Å². The summed E-state index contributed by atoms with van der Waals surface area (Å²) in [5.41, 5.74) is 2.53. The first-order valence-electron chi connectivity index (χ1n) is 6.07. The number of rotatable bonds is 2. The third kappa shape index (κ3) is 2.96. The van der Waals surface area contributed by atoms with Crippen molar-refractivity contribution in [1.82, 2.24) is 0 Å². The standard InChI is InChI=1S/C17H12ClSe/c18-15-11-16(13-7-3-1-4-8-13)19-17(12-15)14-9-5-2-6-10-14/h1-12H/q+1. The molecule has 0 nitrogen and oxygen atoms in total. The summed E-state index contributed by atoms with van der Waals surface area (Å²) in [7, 11) is 0. The molecule has 0 aliphatic heterocycles. The van der Waals surface area contributed by atoms with E-state index in [1.54, 1.807) is 0 Å². The SMILES string of the molecule is Clc1cc(-c2ccccc2)[se+]c(-c2ccccc2)c1. The average molecular weight is 331 g/mol. The second-order valence-corrected chi connectivity index (χ2v) is 6.95. The van der Waals surface area contributed by atoms with Crippen LogP contribution in [-0.4, -0.2) is 14.5 Å². The van der Waals surface area contributed by atoms with E-state index >= 15 is 0 Å². The van der Waals surface area contributed by atoms with Crippen molar-refractivity contribution >= 4 is 26.1 Å². The fraction of sp³-hybridized carbons (Fsp3) is 0. The molecule has 0 aliphatic carbocycles. The van der Waals surface area contributed by atoms with Crippen LogP contribution in [0, 0.1) is 0 Å². The molecular weight excluding hydrogens is 319 g/mol. The Labute approximate surface area is 124 Å². The fourth-order valence-corrected chi connectivity index (χ4v) is 4.81. The van der Waals surface area contributed by atoms with Crippen LogP contribution in [0.25, 0.3) is 20.0 Å². The molecule has 3 aromatic rings. The molecule has 1 heterocycles. The molecular formula is C17H12ClSe+. The van der Waals surface area contributed by atoms with Crippen molar-refractivity contribution in [2.45, 2.75) is 0 Å². The van der Waals surface area contributed by atoms with Crippen molar-refractivity contribution in [1.29, 1.82) is 0 Å². The van der Waals surface area contributed by atoms with Crippen molar-refractivity contribution in [3.63, 3.8) is 0 Å². The molecule has 0 radical (unpaired) electrons. The molecule has 0 unspecified atom stereocenters. The number of hydrogen-bond acceptors (Lipinski definition) is 0. The molecule has 19 heavy (non-hydrogen) atoms. The van der Waals surface area contributed by atoms with E-state index in [0.717, 1.165) is 5.02 Å². The quantitative estimate of drug-likeness (QED) is 0.579. The predicted molar refractivity (Wildman–Crippen MR) is 83.7 cm³/mol. The Kier molecular flexibility index (Phi) is 3.79. The van der Waals surface area contributed by atoms with Gasteiger partial charge in [0.2, 0.25) is 0 Å². The summed E-state index contributed by atoms with van der Waals surface area (Å²) in [4.78, 5) is 0. The molecule has 0 spiro atoms. The monoisotopic (exact) mass is 331 g/mol. The van der Waals surface area contributed by atoms with Gasteiger partial charge in [-0.05, 0) is 0 Å². The fourth-order valence-electron chi connectivity index (χ4n) is 1.96. The summed E-state index contributed by atoms with van der Waals surface area (Å²) in [6.45, 7) is 0. The van der Waals surface area contributed by atoms with E-state index in [9.17, 15) is 0 Å². The van der Waals surface area contributed by atoms with Gasteiger partial charge in [0, 0.05) is 0 Å². The number of benzene rings is 2. The van der Waals surface area contributed by atoms with E-state index in [2.05, 4.69) is 60.7 Å². The summed E-state index contributed by atoms with van der Waals surface area (Å²) >= 11 is 6.57. The molecule has 0 atom stereocenters. The Bertz CT molecular complexity index is 620.